The fourth-order valence-corrected chi connectivity index (χ4v) is 9.37. The van der Waals surface area contributed by atoms with Crippen LogP contribution in [0.25, 0.3) is 0 Å². The molecule has 3 aliphatic carbocycles. The number of piperidine rings is 1. The Bertz CT molecular complexity index is 1050. The standard InChI is InChI=1S/C26H33NO6S/c1-13(2)24-18(32-24)19-26(33-19)23(3)8-7-14-15(12-29-20(14)28)16(23)11-17-25(26,31-17)21(24)30-22(34)27-9-5-4-6-10-27/h13,16-19,21H,4-12H2,1-3H3/t16-,17-,18-,19-,21+,23-,24-,25+,26+/m0/s1. The molecule has 0 bridgehead atoms. The average Bonchev–Trinajstić information content (AvgIpc) is 3.73. The van der Waals surface area contributed by atoms with Crippen LogP contribution in [0.5, 0.6) is 0 Å². The second-order valence-corrected chi connectivity index (χ2v) is 12.7. The molecule has 8 aliphatic rings. The maximum atomic E-state index is 12.3. The van der Waals surface area contributed by atoms with E-state index in [1.165, 1.54) is 12.0 Å². The number of fused-ring (bicyclic) bond motifs is 4. The van der Waals surface area contributed by atoms with Crippen molar-refractivity contribution in [3.05, 3.63) is 11.1 Å². The molecule has 5 heterocycles. The van der Waals surface area contributed by atoms with E-state index in [0.29, 0.717) is 11.8 Å². The number of cyclic esters (lactones) is 1. The topological polar surface area (TPSA) is 76.4 Å². The molecule has 2 saturated carbocycles. The molecule has 0 aromatic carbocycles. The normalized spacial score (nSPS) is 53.6. The highest BCUT2D eigenvalue weighted by atomic mass is 32.1. The van der Waals surface area contributed by atoms with Gasteiger partial charge in [0.2, 0.25) is 0 Å². The van der Waals surface area contributed by atoms with Crippen LogP contribution in [0.1, 0.15) is 59.3 Å². The summed E-state index contributed by atoms with van der Waals surface area (Å²) in [6.07, 6.45) is 5.83. The van der Waals surface area contributed by atoms with Gasteiger partial charge in [-0.15, -0.1) is 0 Å². The molecular formula is C26H33NO6S. The summed E-state index contributed by atoms with van der Waals surface area (Å²) >= 11 is 5.88. The first-order chi connectivity index (χ1) is 16.3. The van der Waals surface area contributed by atoms with E-state index in [1.54, 1.807) is 0 Å². The first-order valence-electron chi connectivity index (χ1n) is 13.2. The second-order valence-electron chi connectivity index (χ2n) is 12.3. The van der Waals surface area contributed by atoms with Gasteiger partial charge in [-0.1, -0.05) is 20.8 Å². The van der Waals surface area contributed by atoms with Gasteiger partial charge in [-0.3, -0.25) is 0 Å². The molecule has 2 spiro atoms. The molecule has 8 rings (SSSR count). The molecule has 7 nitrogen and oxygen atoms in total. The summed E-state index contributed by atoms with van der Waals surface area (Å²) in [7, 11) is 0. The SMILES string of the molecule is CC(C)[C@]12O[C@H]1[C@@H]1O[C@]13[C@]1(O[C@H]1C[C@H]1C4=C(CC[C@@]13C)C(=O)OC4)[C@@H]2OC(=S)N1CCCCC1. The third-order valence-corrected chi connectivity index (χ3v) is 11.3. The predicted molar refractivity (Wildman–Crippen MR) is 124 cm³/mol. The van der Waals surface area contributed by atoms with Gasteiger partial charge in [0.15, 0.2) is 11.7 Å². The zero-order valence-corrected chi connectivity index (χ0v) is 20.9. The average molecular weight is 488 g/mol. The minimum Gasteiger partial charge on any atom is -0.461 e. The van der Waals surface area contributed by atoms with Crippen LogP contribution in [0.4, 0.5) is 0 Å². The number of esters is 1. The molecule has 8 heteroatoms. The van der Waals surface area contributed by atoms with Crippen molar-refractivity contribution in [2.75, 3.05) is 19.7 Å². The monoisotopic (exact) mass is 487 g/mol. The maximum absolute atomic E-state index is 12.3. The lowest BCUT2D eigenvalue weighted by Gasteiger charge is -2.54. The van der Waals surface area contributed by atoms with E-state index in [4.69, 9.17) is 35.9 Å². The minimum atomic E-state index is -0.540. The van der Waals surface area contributed by atoms with Gasteiger partial charge < -0.3 is 28.6 Å². The lowest BCUT2D eigenvalue weighted by Crippen LogP contribution is -2.70. The van der Waals surface area contributed by atoms with Crippen LogP contribution in [-0.4, -0.2) is 77.0 Å². The van der Waals surface area contributed by atoms with Crippen molar-refractivity contribution in [1.29, 1.82) is 0 Å². The second kappa shape index (κ2) is 6.18. The number of likely N-dealkylation sites (tertiary alicyclic amines) is 1. The number of epoxide rings is 3. The van der Waals surface area contributed by atoms with E-state index in [9.17, 15) is 4.79 Å². The Morgan fingerprint density at radius 1 is 1.15 bits per heavy atom. The van der Waals surface area contributed by atoms with Gasteiger partial charge in [0.05, 0.1) is 6.10 Å². The van der Waals surface area contributed by atoms with Crippen LogP contribution in [0, 0.1) is 17.3 Å². The van der Waals surface area contributed by atoms with Gasteiger partial charge >= 0.3 is 5.97 Å². The predicted octanol–water partition coefficient (Wildman–Crippen LogP) is 2.90. The number of hydrogen-bond acceptors (Lipinski definition) is 7. The van der Waals surface area contributed by atoms with Crippen LogP contribution in [0.2, 0.25) is 0 Å². The minimum absolute atomic E-state index is 0.00421. The van der Waals surface area contributed by atoms with E-state index >= 15 is 0 Å². The lowest BCUT2D eigenvalue weighted by atomic mass is 9.46. The summed E-state index contributed by atoms with van der Waals surface area (Å²) in [6, 6.07) is 0. The number of carbonyl (C=O) groups is 1. The maximum Gasteiger partial charge on any atom is 0.334 e. The third-order valence-electron chi connectivity index (χ3n) is 10.9. The number of carbonyl (C=O) groups excluding carboxylic acids is 1. The Balaban J connectivity index is 1.21. The van der Waals surface area contributed by atoms with Crippen LogP contribution in [0.3, 0.4) is 0 Å². The molecule has 4 saturated heterocycles. The molecule has 6 fully saturated rings. The molecule has 0 aromatic rings. The highest BCUT2D eigenvalue weighted by molar-refractivity contribution is 7.80. The third kappa shape index (κ3) is 2.07. The van der Waals surface area contributed by atoms with Gasteiger partial charge in [0, 0.05) is 24.1 Å². The van der Waals surface area contributed by atoms with Crippen molar-refractivity contribution in [3.63, 3.8) is 0 Å². The fourth-order valence-electron chi connectivity index (χ4n) is 9.09. The summed E-state index contributed by atoms with van der Waals surface area (Å²) in [5.74, 6) is 0.367. The van der Waals surface area contributed by atoms with E-state index in [-0.39, 0.29) is 47.6 Å². The van der Waals surface area contributed by atoms with E-state index in [2.05, 4.69) is 25.7 Å². The molecule has 0 unspecified atom stereocenters. The number of ether oxygens (including phenoxy) is 5. The molecule has 184 valence electrons. The van der Waals surface area contributed by atoms with Gasteiger partial charge in [-0.05, 0) is 68.2 Å². The van der Waals surface area contributed by atoms with Crippen LogP contribution < -0.4 is 0 Å². The van der Waals surface area contributed by atoms with Crippen molar-refractivity contribution in [1.82, 2.24) is 4.90 Å². The summed E-state index contributed by atoms with van der Waals surface area (Å²) in [6.45, 7) is 9.12. The summed E-state index contributed by atoms with van der Waals surface area (Å²) in [5.41, 5.74) is 0.513. The number of hydrogen-bond donors (Lipinski definition) is 0. The first-order valence-corrected chi connectivity index (χ1v) is 13.6. The molecule has 9 atom stereocenters. The van der Waals surface area contributed by atoms with Crippen molar-refractivity contribution >= 4 is 23.4 Å². The Morgan fingerprint density at radius 3 is 2.71 bits per heavy atom. The van der Waals surface area contributed by atoms with Gasteiger partial charge in [-0.25, -0.2) is 4.79 Å². The lowest BCUT2D eigenvalue weighted by molar-refractivity contribution is -0.136. The Morgan fingerprint density at radius 2 is 1.94 bits per heavy atom. The Labute approximate surface area is 205 Å². The zero-order valence-electron chi connectivity index (χ0n) is 20.1. The van der Waals surface area contributed by atoms with E-state index in [1.807, 2.05) is 0 Å². The Kier molecular flexibility index (Phi) is 3.80. The highest BCUT2D eigenvalue weighted by Crippen LogP contribution is 2.83. The van der Waals surface area contributed by atoms with Crippen molar-refractivity contribution < 1.29 is 28.5 Å². The molecular weight excluding hydrogens is 454 g/mol. The van der Waals surface area contributed by atoms with Crippen molar-refractivity contribution in [2.45, 2.75) is 101 Å². The molecule has 0 amide bonds. The zero-order chi connectivity index (χ0) is 23.3. The van der Waals surface area contributed by atoms with Gasteiger partial charge in [0.25, 0.3) is 5.17 Å². The van der Waals surface area contributed by atoms with Gasteiger partial charge in [-0.2, -0.15) is 0 Å². The van der Waals surface area contributed by atoms with Crippen LogP contribution >= 0.6 is 12.2 Å². The number of thiocarbonyl (C=S) groups is 1. The molecule has 0 N–H and O–H groups in total. The smallest absolute Gasteiger partial charge is 0.334 e. The number of rotatable bonds is 2. The van der Waals surface area contributed by atoms with Gasteiger partial charge in [0.1, 0.15) is 30.0 Å². The van der Waals surface area contributed by atoms with Crippen LogP contribution in [-0.2, 0) is 28.5 Å². The molecule has 5 aliphatic heterocycles. The van der Waals surface area contributed by atoms with Crippen molar-refractivity contribution in [3.8, 4) is 0 Å². The van der Waals surface area contributed by atoms with E-state index in [0.717, 1.165) is 50.8 Å². The molecule has 34 heavy (non-hydrogen) atoms. The number of nitrogens with zero attached hydrogens (tertiary/aromatic N) is 1. The molecule has 0 radical (unpaired) electrons. The first kappa shape index (κ1) is 20.9. The fraction of sp³-hybridized carbons (Fsp3) is 0.846. The summed E-state index contributed by atoms with van der Waals surface area (Å²) in [4.78, 5) is 14.6. The Hall–Kier alpha value is -1.22. The van der Waals surface area contributed by atoms with E-state index < -0.39 is 16.8 Å². The summed E-state index contributed by atoms with van der Waals surface area (Å²) in [5, 5.41) is 0.590. The quantitative estimate of drug-likeness (QED) is 0.334. The highest BCUT2D eigenvalue weighted by Gasteiger charge is 3.01. The molecule has 0 aromatic heterocycles. The summed E-state index contributed by atoms with van der Waals surface area (Å²) < 4.78 is 32.5. The largest absolute Gasteiger partial charge is 0.461 e. The van der Waals surface area contributed by atoms with Crippen LogP contribution in [0.15, 0.2) is 11.1 Å². The van der Waals surface area contributed by atoms with Crippen molar-refractivity contribution in [2.24, 2.45) is 17.3 Å².